The molecule has 0 unspecified atom stereocenters. The van der Waals surface area contributed by atoms with Crippen LogP contribution < -0.4 is 0 Å². The second-order valence-corrected chi connectivity index (χ2v) is 7.98. The first-order chi connectivity index (χ1) is 9.98. The van der Waals surface area contributed by atoms with E-state index in [1.54, 1.807) is 0 Å². The molecule has 5 nitrogen and oxygen atoms in total. The van der Waals surface area contributed by atoms with Crippen LogP contribution in [0.3, 0.4) is 0 Å². The van der Waals surface area contributed by atoms with Crippen molar-refractivity contribution in [1.82, 2.24) is 0 Å². The van der Waals surface area contributed by atoms with E-state index in [2.05, 4.69) is 4.74 Å². The molecular weight excluding hydrogens is 345 g/mol. The summed E-state index contributed by atoms with van der Waals surface area (Å²) in [5.74, 6) is -0.836. The second-order valence-electron chi connectivity index (χ2n) is 5.05. The van der Waals surface area contributed by atoms with E-state index in [1.165, 1.54) is 5.38 Å². The van der Waals surface area contributed by atoms with E-state index in [0.29, 0.717) is 0 Å². The fraction of sp³-hybridized carbons (Fsp3) is 0.583. The van der Waals surface area contributed by atoms with Crippen molar-refractivity contribution in [3.63, 3.8) is 0 Å². The maximum absolute atomic E-state index is 12.8. The first-order valence-corrected chi connectivity index (χ1v) is 8.87. The number of hydrogen-bond acceptors (Lipinski definition) is 6. The predicted molar refractivity (Wildman–Crippen MR) is 71.7 cm³/mol. The smallest absolute Gasteiger partial charge is 0.417 e. The van der Waals surface area contributed by atoms with Crippen molar-refractivity contribution in [2.45, 2.75) is 35.6 Å². The molecule has 10 heteroatoms. The predicted octanol–water partition coefficient (Wildman–Crippen LogP) is 2.42. The van der Waals surface area contributed by atoms with Crippen molar-refractivity contribution >= 4 is 27.1 Å². The van der Waals surface area contributed by atoms with Crippen molar-refractivity contribution in [3.8, 4) is 0 Å². The van der Waals surface area contributed by atoms with Crippen molar-refractivity contribution in [3.05, 3.63) is 16.3 Å². The molecule has 1 saturated carbocycles. The Kier molecular flexibility index (Phi) is 4.31. The lowest BCUT2D eigenvalue weighted by atomic mass is 9.76. The summed E-state index contributed by atoms with van der Waals surface area (Å²) in [6.07, 6.45) is -5.38. The number of esters is 1. The molecule has 124 valence electrons. The van der Waals surface area contributed by atoms with Crippen molar-refractivity contribution in [1.29, 1.82) is 0 Å². The van der Waals surface area contributed by atoms with Gasteiger partial charge in [-0.05, 0) is 6.07 Å². The molecule has 1 heterocycles. The van der Waals surface area contributed by atoms with Gasteiger partial charge in [0.1, 0.15) is 11.0 Å². The van der Waals surface area contributed by atoms with Gasteiger partial charge in [-0.15, -0.1) is 11.3 Å². The SMILES string of the molecule is COC1(C(F)(F)F)CC(OC(=O)c2cc(S(C)(=O)=O)cs2)C1. The highest BCUT2D eigenvalue weighted by molar-refractivity contribution is 7.90. The van der Waals surface area contributed by atoms with Crippen LogP contribution in [0, 0.1) is 0 Å². The van der Waals surface area contributed by atoms with Crippen LogP contribution in [-0.2, 0) is 19.3 Å². The van der Waals surface area contributed by atoms with Gasteiger partial charge in [-0.2, -0.15) is 13.2 Å². The third kappa shape index (κ3) is 3.13. The van der Waals surface area contributed by atoms with E-state index in [0.717, 1.165) is 30.8 Å². The van der Waals surface area contributed by atoms with Gasteiger partial charge in [0.2, 0.25) is 0 Å². The largest absolute Gasteiger partial charge is 0.458 e. The van der Waals surface area contributed by atoms with Gasteiger partial charge in [-0.3, -0.25) is 0 Å². The highest BCUT2D eigenvalue weighted by Gasteiger charge is 2.64. The molecule has 0 spiro atoms. The van der Waals surface area contributed by atoms with E-state index in [9.17, 15) is 26.4 Å². The van der Waals surface area contributed by atoms with E-state index in [-0.39, 0.29) is 9.77 Å². The lowest BCUT2D eigenvalue weighted by Gasteiger charge is -2.46. The van der Waals surface area contributed by atoms with Crippen molar-refractivity contribution in [2.75, 3.05) is 13.4 Å². The molecule has 1 aliphatic carbocycles. The number of methoxy groups -OCH3 is 1. The molecule has 22 heavy (non-hydrogen) atoms. The van der Waals surface area contributed by atoms with Gasteiger partial charge in [0.05, 0.1) is 4.90 Å². The Morgan fingerprint density at radius 2 is 2.00 bits per heavy atom. The molecule has 0 radical (unpaired) electrons. The number of alkyl halides is 3. The summed E-state index contributed by atoms with van der Waals surface area (Å²) in [7, 11) is -2.48. The fourth-order valence-corrected chi connectivity index (χ4v) is 4.00. The van der Waals surface area contributed by atoms with Crippen LogP contribution in [0.1, 0.15) is 22.5 Å². The average molecular weight is 358 g/mol. The lowest BCUT2D eigenvalue weighted by Crippen LogP contribution is -2.59. The zero-order chi connectivity index (χ0) is 16.8. The summed E-state index contributed by atoms with van der Waals surface area (Å²) in [6, 6.07) is 1.15. The van der Waals surface area contributed by atoms with E-state index in [1.807, 2.05) is 0 Å². The summed E-state index contributed by atoms with van der Waals surface area (Å²) in [5.41, 5.74) is -2.27. The van der Waals surface area contributed by atoms with Crippen LogP contribution in [-0.4, -0.2) is 45.6 Å². The third-order valence-corrected chi connectivity index (χ3v) is 5.65. The average Bonchev–Trinajstić information content (AvgIpc) is 2.80. The van der Waals surface area contributed by atoms with Gasteiger partial charge in [-0.25, -0.2) is 13.2 Å². The second kappa shape index (κ2) is 5.50. The molecule has 0 aromatic carbocycles. The van der Waals surface area contributed by atoms with Crippen LogP contribution in [0.25, 0.3) is 0 Å². The Bertz CT molecular complexity index is 671. The minimum Gasteiger partial charge on any atom is -0.458 e. The number of ether oxygens (including phenoxy) is 2. The summed E-state index contributed by atoms with van der Waals surface area (Å²) >= 11 is 0.865. The van der Waals surface area contributed by atoms with E-state index < -0.39 is 46.5 Å². The van der Waals surface area contributed by atoms with Gasteiger partial charge < -0.3 is 9.47 Å². The molecule has 2 rings (SSSR count). The Hall–Kier alpha value is -1.13. The maximum Gasteiger partial charge on any atom is 0.417 e. The number of carbonyl (C=O) groups is 1. The van der Waals surface area contributed by atoms with E-state index in [4.69, 9.17) is 4.74 Å². The van der Waals surface area contributed by atoms with Crippen LogP contribution in [0.5, 0.6) is 0 Å². The zero-order valence-corrected chi connectivity index (χ0v) is 13.3. The van der Waals surface area contributed by atoms with E-state index >= 15 is 0 Å². The Morgan fingerprint density at radius 3 is 2.41 bits per heavy atom. The van der Waals surface area contributed by atoms with Gasteiger partial charge >= 0.3 is 12.1 Å². The summed E-state index contributed by atoms with van der Waals surface area (Å²) in [5, 5.41) is 1.28. The highest BCUT2D eigenvalue weighted by Crippen LogP contribution is 2.49. The minimum atomic E-state index is -4.53. The lowest BCUT2D eigenvalue weighted by molar-refractivity contribution is -0.314. The molecule has 0 aliphatic heterocycles. The van der Waals surface area contributed by atoms with Gasteiger partial charge in [-0.1, -0.05) is 0 Å². The molecule has 0 N–H and O–H groups in total. The van der Waals surface area contributed by atoms with Crippen LogP contribution in [0.15, 0.2) is 16.3 Å². The summed E-state index contributed by atoms with van der Waals surface area (Å²) in [4.78, 5) is 11.8. The van der Waals surface area contributed by atoms with Crippen LogP contribution in [0.4, 0.5) is 13.2 Å². The van der Waals surface area contributed by atoms with Crippen molar-refractivity contribution in [2.24, 2.45) is 0 Å². The molecule has 1 aromatic rings. The third-order valence-electron chi connectivity index (χ3n) is 3.50. The molecule has 1 aliphatic rings. The molecule has 0 saturated heterocycles. The Morgan fingerprint density at radius 1 is 1.41 bits per heavy atom. The first kappa shape index (κ1) is 17.2. The summed E-state index contributed by atoms with van der Waals surface area (Å²) < 4.78 is 70.5. The number of halogens is 3. The fourth-order valence-electron chi connectivity index (χ4n) is 2.10. The molecule has 0 atom stereocenters. The van der Waals surface area contributed by atoms with Gasteiger partial charge in [0.15, 0.2) is 15.4 Å². The maximum atomic E-state index is 12.8. The number of thiophene rings is 1. The first-order valence-electron chi connectivity index (χ1n) is 6.10. The molecular formula is C12H13F3O5S2. The number of rotatable bonds is 4. The molecule has 0 amide bonds. The minimum absolute atomic E-state index is 0.0282. The Balaban J connectivity index is 1.99. The van der Waals surface area contributed by atoms with Crippen molar-refractivity contribution < 1.29 is 35.9 Å². The standard InChI is InChI=1S/C12H13F3O5S2/c1-19-11(12(13,14)15)4-7(5-11)20-10(16)9-3-8(6-21-9)22(2,17)18/h3,6-7H,4-5H2,1-2H3. The van der Waals surface area contributed by atoms with Gasteiger partial charge in [0.25, 0.3) is 0 Å². The molecule has 1 aromatic heterocycles. The number of sulfone groups is 1. The molecule has 1 fully saturated rings. The zero-order valence-electron chi connectivity index (χ0n) is 11.6. The number of carbonyl (C=O) groups excluding carboxylic acids is 1. The Labute approximate surface area is 128 Å². The quantitative estimate of drug-likeness (QED) is 0.773. The number of hydrogen-bond donors (Lipinski definition) is 0. The topological polar surface area (TPSA) is 69.7 Å². The monoisotopic (exact) mass is 358 g/mol. The highest BCUT2D eigenvalue weighted by atomic mass is 32.2. The van der Waals surface area contributed by atoms with Gasteiger partial charge in [0, 0.05) is 31.6 Å². The molecule has 0 bridgehead atoms. The van der Waals surface area contributed by atoms with Crippen LogP contribution in [0.2, 0.25) is 0 Å². The normalized spacial score (nSPS) is 25.6. The summed E-state index contributed by atoms with van der Waals surface area (Å²) in [6.45, 7) is 0. The van der Waals surface area contributed by atoms with Crippen LogP contribution >= 0.6 is 11.3 Å².